The summed E-state index contributed by atoms with van der Waals surface area (Å²) < 4.78 is 0. The van der Waals surface area contributed by atoms with E-state index in [1.165, 1.54) is 23.1 Å². The van der Waals surface area contributed by atoms with Crippen LogP contribution in [0.4, 0.5) is 0 Å². The van der Waals surface area contributed by atoms with Gasteiger partial charge in [0, 0.05) is 5.02 Å². The maximum atomic E-state index is 6.36. The van der Waals surface area contributed by atoms with Crippen LogP contribution in [0.15, 0.2) is 12.1 Å². The highest BCUT2D eigenvalue weighted by molar-refractivity contribution is 6.32. The van der Waals surface area contributed by atoms with Crippen molar-refractivity contribution in [3.8, 4) is 0 Å². The van der Waals surface area contributed by atoms with Crippen LogP contribution in [0.5, 0.6) is 0 Å². The second-order valence-electron chi connectivity index (χ2n) is 4.55. The summed E-state index contributed by atoms with van der Waals surface area (Å²) in [5.41, 5.74) is 3.88. The zero-order valence-electron chi connectivity index (χ0n) is 9.44. The van der Waals surface area contributed by atoms with E-state index < -0.39 is 0 Å². The summed E-state index contributed by atoms with van der Waals surface area (Å²) in [7, 11) is 0. The minimum atomic E-state index is 0.767. The SMILES string of the molecule is Cc1ccc(C)c(CC2CCNC2)c1Cl. The second kappa shape index (κ2) is 4.54. The number of hydrogen-bond donors (Lipinski definition) is 1. The molecule has 1 atom stereocenters. The van der Waals surface area contributed by atoms with E-state index in [1.54, 1.807) is 0 Å². The topological polar surface area (TPSA) is 12.0 Å². The molecule has 0 amide bonds. The molecule has 1 saturated heterocycles. The van der Waals surface area contributed by atoms with Crippen molar-refractivity contribution in [2.45, 2.75) is 26.7 Å². The molecule has 15 heavy (non-hydrogen) atoms. The third-order valence-corrected chi connectivity index (χ3v) is 3.85. The van der Waals surface area contributed by atoms with Crippen LogP contribution in [-0.4, -0.2) is 13.1 Å². The Hall–Kier alpha value is -0.530. The Morgan fingerprint density at radius 2 is 2.07 bits per heavy atom. The molecule has 1 aromatic rings. The quantitative estimate of drug-likeness (QED) is 0.813. The summed E-state index contributed by atoms with van der Waals surface area (Å²) >= 11 is 6.36. The molecule has 1 N–H and O–H groups in total. The number of aryl methyl sites for hydroxylation is 2. The van der Waals surface area contributed by atoms with Crippen LogP contribution < -0.4 is 5.32 Å². The maximum absolute atomic E-state index is 6.36. The highest BCUT2D eigenvalue weighted by Gasteiger charge is 2.17. The van der Waals surface area contributed by atoms with Crippen molar-refractivity contribution < 1.29 is 0 Å². The van der Waals surface area contributed by atoms with Gasteiger partial charge in [0.2, 0.25) is 0 Å². The average molecular weight is 224 g/mol. The Labute approximate surface area is 96.8 Å². The van der Waals surface area contributed by atoms with E-state index in [-0.39, 0.29) is 0 Å². The van der Waals surface area contributed by atoms with Crippen LogP contribution in [0.3, 0.4) is 0 Å². The van der Waals surface area contributed by atoms with Gasteiger partial charge in [0.15, 0.2) is 0 Å². The van der Waals surface area contributed by atoms with E-state index in [2.05, 4.69) is 31.3 Å². The van der Waals surface area contributed by atoms with E-state index >= 15 is 0 Å². The summed E-state index contributed by atoms with van der Waals surface area (Å²) in [5.74, 6) is 0.767. The molecular weight excluding hydrogens is 206 g/mol. The molecule has 0 bridgehead atoms. The second-order valence-corrected chi connectivity index (χ2v) is 4.93. The van der Waals surface area contributed by atoms with Crippen molar-refractivity contribution in [1.82, 2.24) is 5.32 Å². The Morgan fingerprint density at radius 3 is 2.73 bits per heavy atom. The number of rotatable bonds is 2. The van der Waals surface area contributed by atoms with Crippen molar-refractivity contribution in [2.75, 3.05) is 13.1 Å². The Kier molecular flexibility index (Phi) is 3.32. The van der Waals surface area contributed by atoms with Gasteiger partial charge in [-0.2, -0.15) is 0 Å². The zero-order valence-corrected chi connectivity index (χ0v) is 10.2. The summed E-state index contributed by atoms with van der Waals surface area (Å²) in [6.45, 7) is 6.54. The lowest BCUT2D eigenvalue weighted by atomic mass is 9.94. The fourth-order valence-corrected chi connectivity index (χ4v) is 2.55. The molecular formula is C13H18ClN. The van der Waals surface area contributed by atoms with Crippen molar-refractivity contribution in [3.63, 3.8) is 0 Å². The molecule has 1 nitrogen and oxygen atoms in total. The Morgan fingerprint density at radius 1 is 1.33 bits per heavy atom. The largest absolute Gasteiger partial charge is 0.316 e. The van der Waals surface area contributed by atoms with Crippen molar-refractivity contribution in [3.05, 3.63) is 33.8 Å². The predicted octanol–water partition coefficient (Wildman–Crippen LogP) is 3.11. The first-order valence-corrected chi connectivity index (χ1v) is 6.01. The van der Waals surface area contributed by atoms with Crippen molar-refractivity contribution >= 4 is 11.6 Å². The number of halogens is 1. The van der Waals surface area contributed by atoms with Crippen molar-refractivity contribution in [2.24, 2.45) is 5.92 Å². The van der Waals surface area contributed by atoms with Gasteiger partial charge in [-0.25, -0.2) is 0 Å². The molecule has 0 saturated carbocycles. The zero-order chi connectivity index (χ0) is 10.8. The average Bonchev–Trinajstić information content (AvgIpc) is 2.71. The van der Waals surface area contributed by atoms with Gasteiger partial charge in [-0.05, 0) is 62.4 Å². The molecule has 1 unspecified atom stereocenters. The summed E-state index contributed by atoms with van der Waals surface area (Å²) in [4.78, 5) is 0. The summed E-state index contributed by atoms with van der Waals surface area (Å²) in [6, 6.07) is 4.28. The van der Waals surface area contributed by atoms with Crippen LogP contribution in [-0.2, 0) is 6.42 Å². The highest BCUT2D eigenvalue weighted by Crippen LogP contribution is 2.27. The standard InChI is InChI=1S/C13H18ClN/c1-9-3-4-10(2)13(14)12(9)7-11-5-6-15-8-11/h3-4,11,15H,5-8H2,1-2H3. The lowest BCUT2D eigenvalue weighted by Crippen LogP contribution is -2.11. The van der Waals surface area contributed by atoms with E-state index in [9.17, 15) is 0 Å². The number of hydrogen-bond acceptors (Lipinski definition) is 1. The smallest absolute Gasteiger partial charge is 0.0469 e. The van der Waals surface area contributed by atoms with Crippen LogP contribution >= 0.6 is 11.6 Å². The molecule has 1 fully saturated rings. The molecule has 2 rings (SSSR count). The molecule has 0 aliphatic carbocycles. The molecule has 0 aromatic heterocycles. The van der Waals surface area contributed by atoms with Crippen LogP contribution in [0.2, 0.25) is 5.02 Å². The first-order valence-electron chi connectivity index (χ1n) is 5.64. The van der Waals surface area contributed by atoms with Crippen LogP contribution in [0.25, 0.3) is 0 Å². The Bertz CT molecular complexity index is 354. The van der Waals surface area contributed by atoms with Crippen LogP contribution in [0.1, 0.15) is 23.1 Å². The molecule has 0 radical (unpaired) electrons. The molecule has 1 heterocycles. The Balaban J connectivity index is 2.22. The summed E-state index contributed by atoms with van der Waals surface area (Å²) in [6.07, 6.45) is 2.41. The van der Waals surface area contributed by atoms with Gasteiger partial charge < -0.3 is 5.32 Å². The third-order valence-electron chi connectivity index (χ3n) is 3.33. The minimum absolute atomic E-state index is 0.767. The number of nitrogens with one attached hydrogen (secondary N) is 1. The van der Waals surface area contributed by atoms with Crippen LogP contribution in [0, 0.1) is 19.8 Å². The molecule has 82 valence electrons. The van der Waals surface area contributed by atoms with Gasteiger partial charge in [-0.15, -0.1) is 0 Å². The van der Waals surface area contributed by atoms with E-state index in [0.29, 0.717) is 0 Å². The third kappa shape index (κ3) is 2.35. The molecule has 1 aromatic carbocycles. The molecule has 1 aliphatic rings. The maximum Gasteiger partial charge on any atom is 0.0469 e. The highest BCUT2D eigenvalue weighted by atomic mass is 35.5. The first-order chi connectivity index (χ1) is 7.18. The van der Waals surface area contributed by atoms with E-state index in [1.807, 2.05) is 0 Å². The van der Waals surface area contributed by atoms with Gasteiger partial charge in [0.05, 0.1) is 0 Å². The normalized spacial score (nSPS) is 20.9. The monoisotopic (exact) mass is 223 g/mol. The minimum Gasteiger partial charge on any atom is -0.316 e. The fraction of sp³-hybridized carbons (Fsp3) is 0.538. The van der Waals surface area contributed by atoms with Gasteiger partial charge in [0.25, 0.3) is 0 Å². The molecule has 0 spiro atoms. The fourth-order valence-electron chi connectivity index (χ4n) is 2.26. The van der Waals surface area contributed by atoms with Gasteiger partial charge >= 0.3 is 0 Å². The van der Waals surface area contributed by atoms with E-state index in [0.717, 1.165) is 30.5 Å². The van der Waals surface area contributed by atoms with E-state index in [4.69, 9.17) is 11.6 Å². The lowest BCUT2D eigenvalue weighted by molar-refractivity contribution is 0.578. The molecule has 2 heteroatoms. The van der Waals surface area contributed by atoms with Crippen molar-refractivity contribution in [1.29, 1.82) is 0 Å². The van der Waals surface area contributed by atoms with Gasteiger partial charge in [-0.1, -0.05) is 23.7 Å². The lowest BCUT2D eigenvalue weighted by Gasteiger charge is -2.14. The molecule has 1 aliphatic heterocycles. The number of benzene rings is 1. The summed E-state index contributed by atoms with van der Waals surface area (Å²) in [5, 5.41) is 4.38. The predicted molar refractivity (Wildman–Crippen MR) is 65.6 cm³/mol. The van der Waals surface area contributed by atoms with Gasteiger partial charge in [0.1, 0.15) is 0 Å². The first kappa shape index (κ1) is 11.0. The van der Waals surface area contributed by atoms with Gasteiger partial charge in [-0.3, -0.25) is 0 Å².